The fraction of sp³-hybridized carbons (Fsp3) is 0.444. The third kappa shape index (κ3) is 5.48. The van der Waals surface area contributed by atoms with Gasteiger partial charge >= 0.3 is 12.3 Å². The first-order chi connectivity index (χ1) is 8.79. The summed E-state index contributed by atoms with van der Waals surface area (Å²) < 4.78 is 36.4. The topological polar surface area (TPSA) is 113 Å². The molecule has 5 N–H and O–H groups in total. The quantitative estimate of drug-likeness (QED) is 0.626. The van der Waals surface area contributed by atoms with Gasteiger partial charge in [-0.15, -0.1) is 5.10 Å². The molecule has 0 aliphatic heterocycles. The van der Waals surface area contributed by atoms with Crippen LogP contribution in [-0.2, 0) is 6.54 Å². The molecule has 0 bridgehead atoms. The molecule has 0 unspecified atom stereocenters. The van der Waals surface area contributed by atoms with Crippen molar-refractivity contribution >= 4 is 11.9 Å². The van der Waals surface area contributed by atoms with Gasteiger partial charge < -0.3 is 16.2 Å². The van der Waals surface area contributed by atoms with E-state index in [-0.39, 0.29) is 12.4 Å². The second kappa shape index (κ2) is 6.29. The van der Waals surface area contributed by atoms with Crippen molar-refractivity contribution in [1.29, 1.82) is 0 Å². The Morgan fingerprint density at radius 1 is 1.53 bits per heavy atom. The number of rotatable bonds is 5. The van der Waals surface area contributed by atoms with Crippen molar-refractivity contribution < 1.29 is 23.1 Å². The highest BCUT2D eigenvalue weighted by atomic mass is 19.4. The van der Waals surface area contributed by atoms with Gasteiger partial charge in [-0.1, -0.05) is 0 Å². The van der Waals surface area contributed by atoms with Crippen LogP contribution in [0.5, 0.6) is 0 Å². The maximum absolute atomic E-state index is 12.1. The lowest BCUT2D eigenvalue weighted by atomic mass is 10.2. The number of nitrogens with zero attached hydrogens (tertiary/aromatic N) is 2. The van der Waals surface area contributed by atoms with Crippen molar-refractivity contribution in [2.24, 2.45) is 5.73 Å². The first-order valence-electron chi connectivity index (χ1n) is 5.13. The summed E-state index contributed by atoms with van der Waals surface area (Å²) in [5.41, 5.74) is 5.38. The fourth-order valence-electron chi connectivity index (χ4n) is 1.16. The lowest BCUT2D eigenvalue weighted by molar-refractivity contribution is -0.146. The molecule has 0 spiro atoms. The van der Waals surface area contributed by atoms with Crippen molar-refractivity contribution in [3.63, 3.8) is 0 Å². The molecule has 10 heteroatoms. The Balaban J connectivity index is 2.47. The van der Waals surface area contributed by atoms with Crippen molar-refractivity contribution in [3.05, 3.63) is 17.8 Å². The minimum atomic E-state index is -4.46. The third-order valence-electron chi connectivity index (χ3n) is 2.06. The molecule has 0 saturated carbocycles. The van der Waals surface area contributed by atoms with Gasteiger partial charge in [0, 0.05) is 13.1 Å². The maximum Gasteiger partial charge on any atom is 0.410 e. The monoisotopic (exact) mass is 279 g/mol. The first kappa shape index (κ1) is 15.1. The van der Waals surface area contributed by atoms with E-state index in [1.165, 1.54) is 12.3 Å². The molecule has 7 nitrogen and oxygen atoms in total. The van der Waals surface area contributed by atoms with Gasteiger partial charge in [-0.3, -0.25) is 5.32 Å². The Bertz CT molecular complexity index is 440. The second-order valence-corrected chi connectivity index (χ2v) is 3.66. The third-order valence-corrected chi connectivity index (χ3v) is 2.06. The number of aromatic nitrogens is 2. The van der Waals surface area contributed by atoms with Gasteiger partial charge in [-0.05, 0) is 11.6 Å². The summed E-state index contributed by atoms with van der Waals surface area (Å²) in [7, 11) is 0. The zero-order valence-electron chi connectivity index (χ0n) is 9.61. The normalized spacial score (nSPS) is 13.1. The molecule has 1 amide bonds. The van der Waals surface area contributed by atoms with Crippen LogP contribution in [0.2, 0.25) is 0 Å². The summed E-state index contributed by atoms with van der Waals surface area (Å²) in [4.78, 5) is 10.4. The molecule has 1 aromatic heterocycles. The van der Waals surface area contributed by atoms with Crippen LogP contribution in [-0.4, -0.2) is 40.2 Å². The van der Waals surface area contributed by atoms with Gasteiger partial charge in [-0.25, -0.2) is 4.79 Å². The Hall–Kier alpha value is -1.94. The van der Waals surface area contributed by atoms with Crippen molar-refractivity contribution in [3.8, 4) is 0 Å². The number of halogens is 3. The fourth-order valence-corrected chi connectivity index (χ4v) is 1.16. The second-order valence-electron chi connectivity index (χ2n) is 3.66. The van der Waals surface area contributed by atoms with E-state index in [1.807, 2.05) is 5.32 Å². The summed E-state index contributed by atoms with van der Waals surface area (Å²) in [5, 5.41) is 19.9. The number of anilines is 1. The Morgan fingerprint density at radius 3 is 2.79 bits per heavy atom. The summed E-state index contributed by atoms with van der Waals surface area (Å²) in [6.07, 6.45) is -4.46. The molecule has 0 aliphatic carbocycles. The van der Waals surface area contributed by atoms with E-state index in [2.05, 4.69) is 15.5 Å². The average Bonchev–Trinajstić information content (AvgIpc) is 2.27. The van der Waals surface area contributed by atoms with Gasteiger partial charge in [0.05, 0.1) is 6.20 Å². The van der Waals surface area contributed by atoms with Crippen LogP contribution in [0.1, 0.15) is 5.56 Å². The Morgan fingerprint density at radius 2 is 2.21 bits per heavy atom. The number of alkyl halides is 3. The molecule has 0 saturated heterocycles. The highest BCUT2D eigenvalue weighted by Crippen LogP contribution is 2.17. The number of hydrogen-bond acceptors (Lipinski definition) is 5. The van der Waals surface area contributed by atoms with Crippen LogP contribution in [0.3, 0.4) is 0 Å². The van der Waals surface area contributed by atoms with E-state index >= 15 is 0 Å². The number of nitrogens with two attached hydrogens (primary N) is 1. The summed E-state index contributed by atoms with van der Waals surface area (Å²) in [6, 6.07) is -0.605. The van der Waals surface area contributed by atoms with Gasteiger partial charge in [0.25, 0.3) is 0 Å². The molecule has 0 fully saturated rings. The molecule has 0 radical (unpaired) electrons. The van der Waals surface area contributed by atoms with E-state index in [4.69, 9.17) is 10.8 Å². The van der Waals surface area contributed by atoms with Crippen LogP contribution >= 0.6 is 0 Å². The minimum absolute atomic E-state index is 0.00748. The highest BCUT2D eigenvalue weighted by Gasteiger charge is 2.36. The molecule has 19 heavy (non-hydrogen) atoms. The molecular formula is C9H12F3N5O2. The summed E-state index contributed by atoms with van der Waals surface area (Å²) >= 11 is 0. The molecule has 106 valence electrons. The highest BCUT2D eigenvalue weighted by molar-refractivity contribution is 5.81. The van der Waals surface area contributed by atoms with Gasteiger partial charge in [-0.2, -0.15) is 18.3 Å². The molecule has 1 aromatic rings. The van der Waals surface area contributed by atoms with E-state index in [1.54, 1.807) is 0 Å². The van der Waals surface area contributed by atoms with E-state index in [0.717, 1.165) is 0 Å². The number of hydrogen-bond donors (Lipinski definition) is 4. The van der Waals surface area contributed by atoms with Crippen molar-refractivity contribution in [2.45, 2.75) is 18.8 Å². The molecule has 1 rings (SSSR count). The molecule has 0 aromatic carbocycles. The lowest BCUT2D eigenvalue weighted by Crippen LogP contribution is -2.45. The molecule has 1 heterocycles. The predicted molar refractivity (Wildman–Crippen MR) is 59.4 cm³/mol. The zero-order valence-corrected chi connectivity index (χ0v) is 9.61. The zero-order chi connectivity index (χ0) is 14.5. The standard InChI is InChI=1S/C9H12F3N5O2/c10-9(11,12)6(13)4-14-2-5-1-7(16-8(18)19)17-15-3-5/h1,3,6,14H,2,4,13H2,(H,16,17)(H,18,19)/t6-/m0/s1. The van der Waals surface area contributed by atoms with Gasteiger partial charge in [0.2, 0.25) is 0 Å². The van der Waals surface area contributed by atoms with Crippen LogP contribution in [0, 0.1) is 0 Å². The van der Waals surface area contributed by atoms with Crippen LogP contribution < -0.4 is 16.4 Å². The van der Waals surface area contributed by atoms with Crippen LogP contribution in [0.15, 0.2) is 12.3 Å². The molecular weight excluding hydrogens is 267 g/mol. The van der Waals surface area contributed by atoms with E-state index in [9.17, 15) is 18.0 Å². The number of amides is 1. The van der Waals surface area contributed by atoms with Crippen LogP contribution in [0.25, 0.3) is 0 Å². The Labute approximate surface area is 106 Å². The maximum atomic E-state index is 12.1. The smallest absolute Gasteiger partial charge is 0.410 e. The summed E-state index contributed by atoms with van der Waals surface area (Å²) in [6.45, 7) is -0.388. The van der Waals surface area contributed by atoms with E-state index in [0.29, 0.717) is 5.56 Å². The lowest BCUT2D eigenvalue weighted by Gasteiger charge is -2.15. The number of nitrogens with one attached hydrogen (secondary N) is 2. The van der Waals surface area contributed by atoms with Gasteiger partial charge in [0.1, 0.15) is 6.04 Å². The largest absolute Gasteiger partial charge is 0.465 e. The molecule has 1 atom stereocenters. The molecule has 0 aliphatic rings. The summed E-state index contributed by atoms with van der Waals surface area (Å²) in [5.74, 6) is -0.00748. The average molecular weight is 279 g/mol. The van der Waals surface area contributed by atoms with Gasteiger partial charge in [0.15, 0.2) is 5.82 Å². The van der Waals surface area contributed by atoms with Crippen LogP contribution in [0.4, 0.5) is 23.8 Å². The first-order valence-corrected chi connectivity index (χ1v) is 5.13. The minimum Gasteiger partial charge on any atom is -0.465 e. The van der Waals surface area contributed by atoms with Crippen molar-refractivity contribution in [1.82, 2.24) is 15.5 Å². The van der Waals surface area contributed by atoms with E-state index < -0.39 is 24.9 Å². The number of carbonyl (C=O) groups is 1. The predicted octanol–water partition coefficient (Wildman–Crippen LogP) is 0.546. The number of carboxylic acid groups (broad SMARTS) is 1. The Kier molecular flexibility index (Phi) is 5.01. The van der Waals surface area contributed by atoms with Crippen molar-refractivity contribution in [2.75, 3.05) is 11.9 Å². The SMILES string of the molecule is N[C@@H](CNCc1cnnc(NC(=O)O)c1)C(F)(F)F.